The first-order valence-corrected chi connectivity index (χ1v) is 8.15. The van der Waals surface area contributed by atoms with Crippen LogP contribution >= 0.6 is 0 Å². The van der Waals surface area contributed by atoms with Crippen LogP contribution in [0.1, 0.15) is 6.92 Å². The van der Waals surface area contributed by atoms with Crippen LogP contribution in [0.5, 0.6) is 17.2 Å². The average molecular weight is 356 g/mol. The molecule has 2 aromatic carbocycles. The van der Waals surface area contributed by atoms with Crippen LogP contribution in [0, 0.1) is 0 Å². The Morgan fingerprint density at radius 2 is 1.88 bits per heavy atom. The summed E-state index contributed by atoms with van der Waals surface area (Å²) in [5.41, 5.74) is 2.28. The second-order valence-corrected chi connectivity index (χ2v) is 5.74. The van der Waals surface area contributed by atoms with E-state index in [9.17, 15) is 4.79 Å². The van der Waals surface area contributed by atoms with Crippen molar-refractivity contribution in [3.05, 3.63) is 54.6 Å². The summed E-state index contributed by atoms with van der Waals surface area (Å²) >= 11 is 0. The summed E-state index contributed by atoms with van der Waals surface area (Å²) in [5, 5.41) is 5.88. The number of anilines is 2. The van der Waals surface area contributed by atoms with Gasteiger partial charge in [0, 0.05) is 17.8 Å². The number of rotatable bonds is 9. The van der Waals surface area contributed by atoms with Crippen LogP contribution in [-0.2, 0) is 4.79 Å². The summed E-state index contributed by atoms with van der Waals surface area (Å²) in [7, 11) is 3.12. The molecule has 0 bridgehead atoms. The van der Waals surface area contributed by atoms with Crippen molar-refractivity contribution in [3.63, 3.8) is 0 Å². The molecule has 0 radical (unpaired) electrons. The molecule has 0 aromatic heterocycles. The van der Waals surface area contributed by atoms with Gasteiger partial charge in [0.1, 0.15) is 23.9 Å². The Hall–Kier alpha value is -3.15. The molecule has 6 nitrogen and oxygen atoms in total. The molecule has 2 N–H and O–H groups in total. The van der Waals surface area contributed by atoms with Crippen LogP contribution in [0.4, 0.5) is 11.4 Å². The molecule has 1 amide bonds. The van der Waals surface area contributed by atoms with E-state index in [1.54, 1.807) is 32.4 Å². The highest BCUT2D eigenvalue weighted by Crippen LogP contribution is 2.28. The average Bonchev–Trinajstić information content (AvgIpc) is 2.65. The van der Waals surface area contributed by atoms with Crippen LogP contribution in [0.3, 0.4) is 0 Å². The molecule has 0 aliphatic carbocycles. The van der Waals surface area contributed by atoms with Gasteiger partial charge >= 0.3 is 0 Å². The molecule has 0 aliphatic heterocycles. The molecule has 0 atom stereocenters. The normalized spacial score (nSPS) is 9.96. The van der Waals surface area contributed by atoms with Crippen LogP contribution in [0.25, 0.3) is 0 Å². The van der Waals surface area contributed by atoms with Crippen LogP contribution < -0.4 is 24.8 Å². The lowest BCUT2D eigenvalue weighted by Gasteiger charge is -2.13. The highest BCUT2D eigenvalue weighted by molar-refractivity contribution is 5.95. The largest absolute Gasteiger partial charge is 0.497 e. The molecule has 0 saturated carbocycles. The third-order valence-electron chi connectivity index (χ3n) is 3.45. The lowest BCUT2D eigenvalue weighted by Crippen LogP contribution is -2.22. The summed E-state index contributed by atoms with van der Waals surface area (Å²) in [6, 6.07) is 12.6. The number of hydrogen-bond donors (Lipinski definition) is 2. The molecule has 0 aliphatic rings. The van der Waals surface area contributed by atoms with Gasteiger partial charge in [0.25, 0.3) is 0 Å². The van der Waals surface area contributed by atoms with Crippen molar-refractivity contribution in [2.24, 2.45) is 0 Å². The third kappa shape index (κ3) is 5.73. The fourth-order valence-corrected chi connectivity index (χ4v) is 2.19. The van der Waals surface area contributed by atoms with E-state index in [4.69, 9.17) is 14.2 Å². The minimum Gasteiger partial charge on any atom is -0.497 e. The zero-order valence-electron chi connectivity index (χ0n) is 15.3. The van der Waals surface area contributed by atoms with Crippen LogP contribution in [-0.4, -0.2) is 33.3 Å². The summed E-state index contributed by atoms with van der Waals surface area (Å²) in [4.78, 5) is 12.2. The topological polar surface area (TPSA) is 68.8 Å². The van der Waals surface area contributed by atoms with Gasteiger partial charge in [0.2, 0.25) is 5.91 Å². The molecule has 0 unspecified atom stereocenters. The van der Waals surface area contributed by atoms with Gasteiger partial charge < -0.3 is 24.8 Å². The van der Waals surface area contributed by atoms with Crippen LogP contribution in [0.2, 0.25) is 0 Å². The van der Waals surface area contributed by atoms with E-state index in [1.807, 2.05) is 31.2 Å². The van der Waals surface area contributed by atoms with Crippen molar-refractivity contribution < 1.29 is 19.0 Å². The Balaban J connectivity index is 1.95. The lowest BCUT2D eigenvalue weighted by molar-refractivity contribution is -0.114. The molecule has 0 fully saturated rings. The summed E-state index contributed by atoms with van der Waals surface area (Å²) < 4.78 is 16.0. The maximum Gasteiger partial charge on any atom is 0.243 e. The third-order valence-corrected chi connectivity index (χ3v) is 3.45. The van der Waals surface area contributed by atoms with Gasteiger partial charge in [-0.3, -0.25) is 4.79 Å². The second kappa shape index (κ2) is 9.36. The first-order valence-electron chi connectivity index (χ1n) is 8.15. The van der Waals surface area contributed by atoms with E-state index in [1.165, 1.54) is 0 Å². The highest BCUT2D eigenvalue weighted by atomic mass is 16.5. The molecule has 2 aromatic rings. The smallest absolute Gasteiger partial charge is 0.243 e. The zero-order chi connectivity index (χ0) is 18.9. The van der Waals surface area contributed by atoms with Gasteiger partial charge in [-0.15, -0.1) is 0 Å². The number of benzene rings is 2. The first-order chi connectivity index (χ1) is 12.5. The molecule has 6 heteroatoms. The van der Waals surface area contributed by atoms with E-state index >= 15 is 0 Å². The fraction of sp³-hybridized carbons (Fsp3) is 0.250. The molecular weight excluding hydrogens is 332 g/mol. The fourth-order valence-electron chi connectivity index (χ4n) is 2.19. The van der Waals surface area contributed by atoms with Crippen molar-refractivity contribution in [2.45, 2.75) is 6.92 Å². The number of hydrogen-bond acceptors (Lipinski definition) is 5. The Bertz CT molecular complexity index is 774. The van der Waals surface area contributed by atoms with E-state index in [2.05, 4.69) is 17.2 Å². The molecule has 0 saturated heterocycles. The standard InChI is InChI=1S/C20H24N2O4/c1-14(2)13-26-17-7-5-6-15(10-17)21-12-20(23)22-18-11-16(24-3)8-9-19(18)25-4/h5-11,21H,1,12-13H2,2-4H3,(H,22,23). The number of carbonyl (C=O) groups excluding carboxylic acids is 1. The maximum absolute atomic E-state index is 12.2. The Morgan fingerprint density at radius 1 is 1.08 bits per heavy atom. The van der Waals surface area contributed by atoms with Gasteiger partial charge in [-0.2, -0.15) is 0 Å². The van der Waals surface area contributed by atoms with Crippen molar-refractivity contribution in [1.82, 2.24) is 0 Å². The number of methoxy groups -OCH3 is 2. The SMILES string of the molecule is C=C(C)COc1cccc(NCC(=O)Nc2cc(OC)ccc2OC)c1. The van der Waals surface area contributed by atoms with Gasteiger partial charge in [-0.25, -0.2) is 0 Å². The molecular formula is C20H24N2O4. The van der Waals surface area contributed by atoms with Gasteiger partial charge in [0.15, 0.2) is 0 Å². The highest BCUT2D eigenvalue weighted by Gasteiger charge is 2.09. The minimum absolute atomic E-state index is 0.101. The number of ether oxygens (including phenoxy) is 3. The van der Waals surface area contributed by atoms with Crippen molar-refractivity contribution in [2.75, 3.05) is 38.0 Å². The number of amides is 1. The van der Waals surface area contributed by atoms with Gasteiger partial charge in [-0.1, -0.05) is 12.6 Å². The number of carbonyl (C=O) groups is 1. The Kier molecular flexibility index (Phi) is 6.91. The number of nitrogens with one attached hydrogen (secondary N) is 2. The first kappa shape index (κ1) is 19.2. The molecule has 138 valence electrons. The zero-order valence-corrected chi connectivity index (χ0v) is 15.3. The van der Waals surface area contributed by atoms with Gasteiger partial charge in [0.05, 0.1) is 26.5 Å². The second-order valence-electron chi connectivity index (χ2n) is 5.74. The summed E-state index contributed by atoms with van der Waals surface area (Å²) in [6.07, 6.45) is 0. The Labute approximate surface area is 153 Å². The minimum atomic E-state index is -0.204. The van der Waals surface area contributed by atoms with Crippen LogP contribution in [0.15, 0.2) is 54.6 Å². The van der Waals surface area contributed by atoms with Crippen molar-refractivity contribution >= 4 is 17.3 Å². The van der Waals surface area contributed by atoms with E-state index in [0.717, 1.165) is 11.3 Å². The predicted molar refractivity (Wildman–Crippen MR) is 103 cm³/mol. The van der Waals surface area contributed by atoms with E-state index in [-0.39, 0.29) is 12.5 Å². The van der Waals surface area contributed by atoms with E-state index in [0.29, 0.717) is 29.5 Å². The van der Waals surface area contributed by atoms with Crippen molar-refractivity contribution in [1.29, 1.82) is 0 Å². The lowest BCUT2D eigenvalue weighted by atomic mass is 10.2. The molecule has 0 heterocycles. The van der Waals surface area contributed by atoms with Gasteiger partial charge in [-0.05, 0) is 36.8 Å². The molecule has 26 heavy (non-hydrogen) atoms. The van der Waals surface area contributed by atoms with E-state index < -0.39 is 0 Å². The predicted octanol–water partition coefficient (Wildman–Crippen LogP) is 3.71. The van der Waals surface area contributed by atoms with Crippen molar-refractivity contribution in [3.8, 4) is 17.2 Å². The molecule has 0 spiro atoms. The molecule has 2 rings (SSSR count). The Morgan fingerprint density at radius 3 is 2.58 bits per heavy atom. The summed E-state index contributed by atoms with van der Waals surface area (Å²) in [6.45, 7) is 6.27. The maximum atomic E-state index is 12.2. The monoisotopic (exact) mass is 356 g/mol. The summed E-state index contributed by atoms with van der Waals surface area (Å²) in [5.74, 6) is 1.71. The quantitative estimate of drug-likeness (QED) is 0.671.